The van der Waals surface area contributed by atoms with E-state index in [1.54, 1.807) is 0 Å². The van der Waals surface area contributed by atoms with Gasteiger partial charge in [0.25, 0.3) is 0 Å². The van der Waals surface area contributed by atoms with Crippen LogP contribution in [0.4, 0.5) is 5.82 Å². The molecule has 0 aliphatic carbocycles. The van der Waals surface area contributed by atoms with Crippen molar-refractivity contribution in [3.05, 3.63) is 16.5 Å². The van der Waals surface area contributed by atoms with Crippen LogP contribution in [-0.2, 0) is 10.2 Å². The minimum Gasteiger partial charge on any atom is -0.379 e. The summed E-state index contributed by atoms with van der Waals surface area (Å²) in [6.07, 6.45) is 1.26. The maximum absolute atomic E-state index is 5.50. The largest absolute Gasteiger partial charge is 0.379 e. The van der Waals surface area contributed by atoms with Crippen LogP contribution in [-0.4, -0.2) is 29.2 Å². The molecule has 0 atom stereocenters. The second-order valence-electron chi connectivity index (χ2n) is 5.93. The highest BCUT2D eigenvalue weighted by Crippen LogP contribution is 2.19. The number of aromatic nitrogens is 2. The summed E-state index contributed by atoms with van der Waals surface area (Å²) in [5, 5.41) is 3.33. The standard InChI is InChI=1S/C14H25N3OS/c1-10(2)18-8-6-7-15-11-9-12(19)17-13(16-11)14(3,4)5/h9-10H,6-8H2,1-5H3,(H2,15,16,17,19). The molecule has 0 fully saturated rings. The van der Waals surface area contributed by atoms with Gasteiger partial charge in [0.15, 0.2) is 0 Å². The third kappa shape index (κ3) is 6.16. The van der Waals surface area contributed by atoms with Gasteiger partial charge in [-0.25, -0.2) is 4.98 Å². The molecule has 1 aromatic rings. The summed E-state index contributed by atoms with van der Waals surface area (Å²) in [5.41, 5.74) is -0.0357. The number of hydrogen-bond acceptors (Lipinski definition) is 4. The Morgan fingerprint density at radius 3 is 2.68 bits per heavy atom. The van der Waals surface area contributed by atoms with Gasteiger partial charge >= 0.3 is 0 Å². The van der Waals surface area contributed by atoms with Gasteiger partial charge in [-0.3, -0.25) is 0 Å². The third-order valence-electron chi connectivity index (χ3n) is 2.54. The van der Waals surface area contributed by atoms with E-state index < -0.39 is 0 Å². The normalized spacial score (nSPS) is 11.9. The molecule has 0 saturated carbocycles. The Balaban J connectivity index is 2.55. The lowest BCUT2D eigenvalue weighted by Gasteiger charge is -2.18. The number of nitrogens with zero attached hydrogens (tertiary/aromatic N) is 1. The average molecular weight is 283 g/mol. The molecule has 0 radical (unpaired) electrons. The van der Waals surface area contributed by atoms with Crippen molar-refractivity contribution in [1.29, 1.82) is 0 Å². The number of rotatable bonds is 6. The average Bonchev–Trinajstić information content (AvgIpc) is 2.26. The van der Waals surface area contributed by atoms with Crippen LogP contribution in [0.25, 0.3) is 0 Å². The van der Waals surface area contributed by atoms with Crippen molar-refractivity contribution in [2.75, 3.05) is 18.5 Å². The molecule has 5 heteroatoms. The van der Waals surface area contributed by atoms with Gasteiger partial charge in [0.2, 0.25) is 0 Å². The van der Waals surface area contributed by atoms with Crippen LogP contribution in [0, 0.1) is 4.64 Å². The molecule has 0 unspecified atom stereocenters. The molecule has 2 N–H and O–H groups in total. The molecule has 108 valence electrons. The fraction of sp³-hybridized carbons (Fsp3) is 0.714. The van der Waals surface area contributed by atoms with E-state index >= 15 is 0 Å². The van der Waals surface area contributed by atoms with Crippen LogP contribution >= 0.6 is 12.2 Å². The molecule has 4 nitrogen and oxygen atoms in total. The summed E-state index contributed by atoms with van der Waals surface area (Å²) in [4.78, 5) is 7.66. The van der Waals surface area contributed by atoms with E-state index in [0.717, 1.165) is 31.2 Å². The van der Waals surface area contributed by atoms with Gasteiger partial charge in [-0.1, -0.05) is 33.0 Å². The van der Waals surface area contributed by atoms with Crippen LogP contribution < -0.4 is 5.32 Å². The van der Waals surface area contributed by atoms with E-state index in [2.05, 4.69) is 36.1 Å². The van der Waals surface area contributed by atoms with Gasteiger partial charge < -0.3 is 15.0 Å². The van der Waals surface area contributed by atoms with Crippen LogP contribution in [0.1, 0.15) is 46.9 Å². The molecule has 0 spiro atoms. The van der Waals surface area contributed by atoms with Gasteiger partial charge in [0.1, 0.15) is 16.3 Å². The molecular weight excluding hydrogens is 258 g/mol. The zero-order valence-electron chi connectivity index (χ0n) is 12.5. The highest BCUT2D eigenvalue weighted by atomic mass is 32.1. The maximum Gasteiger partial charge on any atom is 0.131 e. The molecule has 0 saturated heterocycles. The van der Waals surface area contributed by atoms with Gasteiger partial charge in [-0.2, -0.15) is 0 Å². The van der Waals surface area contributed by atoms with E-state index in [9.17, 15) is 0 Å². The Hall–Kier alpha value is -0.940. The number of hydrogen-bond donors (Lipinski definition) is 2. The lowest BCUT2D eigenvalue weighted by atomic mass is 9.96. The molecule has 1 heterocycles. The van der Waals surface area contributed by atoms with E-state index in [1.807, 2.05) is 19.9 Å². The van der Waals surface area contributed by atoms with Crippen molar-refractivity contribution < 1.29 is 4.74 Å². The zero-order chi connectivity index (χ0) is 14.5. The van der Waals surface area contributed by atoms with Crippen LogP contribution in [0.5, 0.6) is 0 Å². The fourth-order valence-electron chi connectivity index (χ4n) is 1.52. The summed E-state index contributed by atoms with van der Waals surface area (Å²) in [6, 6.07) is 1.86. The van der Waals surface area contributed by atoms with E-state index in [4.69, 9.17) is 17.0 Å². The summed E-state index contributed by atoms with van der Waals surface area (Å²) in [7, 11) is 0. The van der Waals surface area contributed by atoms with Crippen molar-refractivity contribution in [1.82, 2.24) is 9.97 Å². The number of ether oxygens (including phenoxy) is 1. The predicted octanol–water partition coefficient (Wildman–Crippen LogP) is 3.66. The summed E-state index contributed by atoms with van der Waals surface area (Å²) < 4.78 is 6.11. The van der Waals surface area contributed by atoms with Gasteiger partial charge in [0, 0.05) is 24.6 Å². The van der Waals surface area contributed by atoms with E-state index in [1.165, 1.54) is 0 Å². The Bertz CT molecular complexity index is 449. The van der Waals surface area contributed by atoms with E-state index in [0.29, 0.717) is 10.7 Å². The number of aromatic amines is 1. The molecule has 0 aromatic carbocycles. The second-order valence-corrected chi connectivity index (χ2v) is 6.35. The third-order valence-corrected chi connectivity index (χ3v) is 2.75. The topological polar surface area (TPSA) is 49.9 Å². The van der Waals surface area contributed by atoms with Crippen molar-refractivity contribution >= 4 is 18.0 Å². The fourth-order valence-corrected chi connectivity index (χ4v) is 1.73. The Morgan fingerprint density at radius 1 is 1.42 bits per heavy atom. The molecular formula is C14H25N3OS. The quantitative estimate of drug-likeness (QED) is 0.618. The predicted molar refractivity (Wildman–Crippen MR) is 82.3 cm³/mol. The highest BCUT2D eigenvalue weighted by molar-refractivity contribution is 7.71. The maximum atomic E-state index is 5.50. The Morgan fingerprint density at radius 2 is 2.11 bits per heavy atom. The monoisotopic (exact) mass is 283 g/mol. The minimum atomic E-state index is -0.0357. The molecule has 0 aliphatic rings. The molecule has 19 heavy (non-hydrogen) atoms. The zero-order valence-corrected chi connectivity index (χ0v) is 13.4. The Kier molecular flexibility index (Phi) is 5.94. The molecule has 0 amide bonds. The van der Waals surface area contributed by atoms with E-state index in [-0.39, 0.29) is 5.41 Å². The summed E-state index contributed by atoms with van der Waals surface area (Å²) >= 11 is 5.20. The first-order valence-electron chi connectivity index (χ1n) is 6.76. The van der Waals surface area contributed by atoms with Crippen LogP contribution in [0.3, 0.4) is 0 Å². The molecule has 0 aliphatic heterocycles. The summed E-state index contributed by atoms with van der Waals surface area (Å²) in [6.45, 7) is 12.0. The second kappa shape index (κ2) is 7.01. The van der Waals surface area contributed by atoms with Crippen molar-refractivity contribution in [3.63, 3.8) is 0 Å². The molecule has 1 rings (SSSR count). The number of nitrogens with one attached hydrogen (secondary N) is 2. The highest BCUT2D eigenvalue weighted by Gasteiger charge is 2.16. The first-order valence-corrected chi connectivity index (χ1v) is 7.17. The summed E-state index contributed by atoms with van der Waals surface area (Å²) in [5.74, 6) is 1.83. The van der Waals surface area contributed by atoms with Crippen molar-refractivity contribution in [2.45, 2.75) is 52.6 Å². The van der Waals surface area contributed by atoms with Crippen LogP contribution in [0.15, 0.2) is 6.07 Å². The smallest absolute Gasteiger partial charge is 0.131 e. The van der Waals surface area contributed by atoms with Crippen LogP contribution in [0.2, 0.25) is 0 Å². The SMILES string of the molecule is CC(C)OCCCNc1cc(=S)nc(C(C)(C)C)[nH]1. The Labute approximate surface area is 121 Å². The van der Waals surface area contributed by atoms with Crippen molar-refractivity contribution in [2.24, 2.45) is 0 Å². The molecule has 1 aromatic heterocycles. The molecule has 0 bridgehead atoms. The van der Waals surface area contributed by atoms with Gasteiger partial charge in [-0.15, -0.1) is 0 Å². The van der Waals surface area contributed by atoms with Gasteiger partial charge in [-0.05, 0) is 20.3 Å². The first kappa shape index (κ1) is 16.1. The van der Waals surface area contributed by atoms with Crippen molar-refractivity contribution in [3.8, 4) is 0 Å². The first-order chi connectivity index (χ1) is 8.79. The van der Waals surface area contributed by atoms with Gasteiger partial charge in [0.05, 0.1) is 6.10 Å². The number of H-pyrrole nitrogens is 1. The lowest BCUT2D eigenvalue weighted by Crippen LogP contribution is -2.18. The lowest BCUT2D eigenvalue weighted by molar-refractivity contribution is 0.0787. The number of anilines is 1. The minimum absolute atomic E-state index is 0.0357.